The second kappa shape index (κ2) is 4.72. The van der Waals surface area contributed by atoms with E-state index in [1.165, 1.54) is 11.3 Å². The average Bonchev–Trinajstić information content (AvgIpc) is 2.64. The van der Waals surface area contributed by atoms with Crippen LogP contribution in [0.2, 0.25) is 10.0 Å². The molecule has 0 amide bonds. The summed E-state index contributed by atoms with van der Waals surface area (Å²) >= 11 is 13.4. The highest BCUT2D eigenvalue weighted by molar-refractivity contribution is 7.16. The van der Waals surface area contributed by atoms with E-state index in [-0.39, 0.29) is 5.41 Å². The summed E-state index contributed by atoms with van der Waals surface area (Å²) < 4.78 is 0. The van der Waals surface area contributed by atoms with Gasteiger partial charge in [-0.1, -0.05) is 50.0 Å². The van der Waals surface area contributed by atoms with Gasteiger partial charge in [0.2, 0.25) is 0 Å². The number of thiazole rings is 1. The van der Waals surface area contributed by atoms with Crippen molar-refractivity contribution in [2.75, 3.05) is 5.73 Å². The first-order valence-corrected chi connectivity index (χ1v) is 7.08. The third-order valence-electron chi connectivity index (χ3n) is 2.49. The lowest BCUT2D eigenvalue weighted by Gasteiger charge is -2.13. The number of hydrogen-bond acceptors (Lipinski definition) is 3. The van der Waals surface area contributed by atoms with Gasteiger partial charge in [-0.15, -0.1) is 11.3 Å². The standard InChI is InChI=1S/C13H14Cl2N2S/c1-13(2,3)12-17-10(11(16)18-12)7-4-5-8(14)9(15)6-7/h4-6H,16H2,1-3H3. The van der Waals surface area contributed by atoms with Crippen molar-refractivity contribution in [3.8, 4) is 11.3 Å². The van der Waals surface area contributed by atoms with Crippen LogP contribution in [0.1, 0.15) is 25.8 Å². The summed E-state index contributed by atoms with van der Waals surface area (Å²) in [6, 6.07) is 5.43. The molecular formula is C13H14Cl2N2S. The van der Waals surface area contributed by atoms with Crippen LogP contribution in [0.3, 0.4) is 0 Å². The van der Waals surface area contributed by atoms with Crippen molar-refractivity contribution in [3.05, 3.63) is 33.3 Å². The molecule has 0 fully saturated rings. The zero-order valence-corrected chi connectivity index (χ0v) is 12.7. The molecule has 2 nitrogen and oxygen atoms in total. The molecular weight excluding hydrogens is 287 g/mol. The van der Waals surface area contributed by atoms with E-state index in [0.717, 1.165) is 16.3 Å². The Labute approximate surface area is 121 Å². The Morgan fingerprint density at radius 3 is 2.33 bits per heavy atom. The minimum absolute atomic E-state index is 0.00669. The number of rotatable bonds is 1. The summed E-state index contributed by atoms with van der Waals surface area (Å²) in [5.41, 5.74) is 7.71. The van der Waals surface area contributed by atoms with Crippen molar-refractivity contribution in [1.29, 1.82) is 0 Å². The Kier molecular flexibility index (Phi) is 3.58. The van der Waals surface area contributed by atoms with Gasteiger partial charge < -0.3 is 5.73 Å². The first kappa shape index (κ1) is 13.7. The Morgan fingerprint density at radius 2 is 1.83 bits per heavy atom. The molecule has 0 saturated carbocycles. The summed E-state index contributed by atoms with van der Waals surface area (Å²) in [7, 11) is 0. The normalized spacial score (nSPS) is 11.8. The minimum Gasteiger partial charge on any atom is -0.389 e. The lowest BCUT2D eigenvalue weighted by molar-refractivity contribution is 0.586. The van der Waals surface area contributed by atoms with Crippen molar-refractivity contribution in [1.82, 2.24) is 4.98 Å². The molecule has 2 aromatic rings. The van der Waals surface area contributed by atoms with E-state index in [1.807, 2.05) is 6.07 Å². The largest absolute Gasteiger partial charge is 0.389 e. The van der Waals surface area contributed by atoms with Gasteiger partial charge in [0.15, 0.2) is 0 Å². The molecule has 0 bridgehead atoms. The van der Waals surface area contributed by atoms with Crippen LogP contribution in [0.5, 0.6) is 0 Å². The molecule has 0 radical (unpaired) electrons. The summed E-state index contributed by atoms with van der Waals surface area (Å²) in [6.45, 7) is 6.34. The molecule has 0 saturated heterocycles. The summed E-state index contributed by atoms with van der Waals surface area (Å²) in [4.78, 5) is 4.61. The van der Waals surface area contributed by atoms with Crippen molar-refractivity contribution in [2.24, 2.45) is 0 Å². The smallest absolute Gasteiger partial charge is 0.114 e. The van der Waals surface area contributed by atoms with Crippen LogP contribution < -0.4 is 5.73 Å². The lowest BCUT2D eigenvalue weighted by atomic mass is 9.98. The van der Waals surface area contributed by atoms with Gasteiger partial charge in [-0.05, 0) is 12.1 Å². The van der Waals surface area contributed by atoms with Crippen LogP contribution in [-0.2, 0) is 5.41 Å². The maximum atomic E-state index is 6.04. The molecule has 1 aromatic heterocycles. The number of hydrogen-bond donors (Lipinski definition) is 1. The summed E-state index contributed by atoms with van der Waals surface area (Å²) in [5, 5.41) is 2.77. The number of halogens is 2. The molecule has 0 aliphatic carbocycles. The predicted molar refractivity (Wildman–Crippen MR) is 80.7 cm³/mol. The van der Waals surface area contributed by atoms with Gasteiger partial charge in [0.25, 0.3) is 0 Å². The second-order valence-electron chi connectivity index (χ2n) is 5.11. The first-order chi connectivity index (χ1) is 8.29. The van der Waals surface area contributed by atoms with Crippen LogP contribution in [0.15, 0.2) is 18.2 Å². The van der Waals surface area contributed by atoms with E-state index in [0.29, 0.717) is 15.0 Å². The predicted octanol–water partition coefficient (Wildman–Crippen LogP) is 5.00. The van der Waals surface area contributed by atoms with E-state index in [4.69, 9.17) is 28.9 Å². The Balaban J connectivity index is 2.51. The number of nitrogens with zero attached hydrogens (tertiary/aromatic N) is 1. The fourth-order valence-electron chi connectivity index (χ4n) is 1.50. The zero-order chi connectivity index (χ0) is 13.5. The molecule has 2 N–H and O–H groups in total. The highest BCUT2D eigenvalue weighted by atomic mass is 35.5. The highest BCUT2D eigenvalue weighted by Crippen LogP contribution is 2.37. The van der Waals surface area contributed by atoms with E-state index < -0.39 is 0 Å². The SMILES string of the molecule is CC(C)(C)c1nc(-c2ccc(Cl)c(Cl)c2)c(N)s1. The molecule has 1 heterocycles. The monoisotopic (exact) mass is 300 g/mol. The number of nitrogens with two attached hydrogens (primary N) is 1. The molecule has 0 spiro atoms. The van der Waals surface area contributed by atoms with E-state index in [1.54, 1.807) is 12.1 Å². The average molecular weight is 301 g/mol. The van der Waals surface area contributed by atoms with Gasteiger partial charge in [0.05, 0.1) is 10.0 Å². The van der Waals surface area contributed by atoms with Gasteiger partial charge in [-0.2, -0.15) is 0 Å². The second-order valence-corrected chi connectivity index (χ2v) is 6.96. The fourth-order valence-corrected chi connectivity index (χ4v) is 2.71. The van der Waals surface area contributed by atoms with Gasteiger partial charge in [-0.3, -0.25) is 0 Å². The van der Waals surface area contributed by atoms with E-state index >= 15 is 0 Å². The molecule has 1 aromatic carbocycles. The van der Waals surface area contributed by atoms with Gasteiger partial charge in [0, 0.05) is 11.0 Å². The number of nitrogen functional groups attached to an aromatic ring is 1. The Bertz CT molecular complexity index is 585. The van der Waals surface area contributed by atoms with Gasteiger partial charge in [-0.25, -0.2) is 4.98 Å². The summed E-state index contributed by atoms with van der Waals surface area (Å²) in [5.74, 6) is 0. The minimum atomic E-state index is -0.00669. The molecule has 0 atom stereocenters. The van der Waals surface area contributed by atoms with Gasteiger partial charge >= 0.3 is 0 Å². The third-order valence-corrected chi connectivity index (χ3v) is 4.54. The van der Waals surface area contributed by atoms with Crippen LogP contribution in [0.25, 0.3) is 11.3 Å². The first-order valence-electron chi connectivity index (χ1n) is 5.51. The van der Waals surface area contributed by atoms with E-state index in [9.17, 15) is 0 Å². The third kappa shape index (κ3) is 2.63. The highest BCUT2D eigenvalue weighted by Gasteiger charge is 2.21. The van der Waals surface area contributed by atoms with Gasteiger partial charge in [0.1, 0.15) is 15.7 Å². The molecule has 18 heavy (non-hydrogen) atoms. The van der Waals surface area contributed by atoms with Crippen LogP contribution in [-0.4, -0.2) is 4.98 Å². The molecule has 2 rings (SSSR count). The maximum absolute atomic E-state index is 6.04. The van der Waals surface area contributed by atoms with Crippen LogP contribution in [0, 0.1) is 0 Å². The van der Waals surface area contributed by atoms with Crippen molar-refractivity contribution >= 4 is 39.5 Å². The number of anilines is 1. The van der Waals surface area contributed by atoms with Crippen molar-refractivity contribution in [3.63, 3.8) is 0 Å². The topological polar surface area (TPSA) is 38.9 Å². The summed E-state index contributed by atoms with van der Waals surface area (Å²) in [6.07, 6.45) is 0. The van der Waals surface area contributed by atoms with Crippen LogP contribution in [0.4, 0.5) is 5.00 Å². The van der Waals surface area contributed by atoms with Crippen molar-refractivity contribution in [2.45, 2.75) is 26.2 Å². The molecule has 5 heteroatoms. The molecule has 0 aliphatic heterocycles. The molecule has 0 aliphatic rings. The van der Waals surface area contributed by atoms with Crippen LogP contribution >= 0.6 is 34.5 Å². The Morgan fingerprint density at radius 1 is 1.17 bits per heavy atom. The van der Waals surface area contributed by atoms with E-state index in [2.05, 4.69) is 25.8 Å². The quantitative estimate of drug-likeness (QED) is 0.805. The van der Waals surface area contributed by atoms with Crippen molar-refractivity contribution < 1.29 is 0 Å². The number of benzene rings is 1. The number of aromatic nitrogens is 1. The molecule has 0 unspecified atom stereocenters. The lowest BCUT2D eigenvalue weighted by Crippen LogP contribution is -2.10. The maximum Gasteiger partial charge on any atom is 0.114 e. The molecule has 96 valence electrons. The fraction of sp³-hybridized carbons (Fsp3) is 0.308. The Hall–Kier alpha value is -0.770. The zero-order valence-electron chi connectivity index (χ0n) is 10.4.